The van der Waals surface area contributed by atoms with Crippen LogP contribution in [0.4, 0.5) is 10.1 Å². The second-order valence-corrected chi connectivity index (χ2v) is 13.2. The van der Waals surface area contributed by atoms with Gasteiger partial charge in [0.2, 0.25) is 20.0 Å². The highest BCUT2D eigenvalue weighted by molar-refractivity contribution is 7.89. The third-order valence-corrected chi connectivity index (χ3v) is 10.6. The van der Waals surface area contributed by atoms with Crippen LogP contribution in [0.1, 0.15) is 55.0 Å². The van der Waals surface area contributed by atoms with E-state index in [-0.39, 0.29) is 6.04 Å². The van der Waals surface area contributed by atoms with Crippen molar-refractivity contribution in [2.45, 2.75) is 49.9 Å². The molecule has 2 fully saturated rings. The van der Waals surface area contributed by atoms with E-state index in [2.05, 4.69) is 5.32 Å². The van der Waals surface area contributed by atoms with Gasteiger partial charge in [0.25, 0.3) is 0 Å². The Balaban J connectivity index is 1.46. The Bertz CT molecular complexity index is 1210. The average molecular weight is 510 g/mol. The van der Waals surface area contributed by atoms with E-state index >= 15 is 0 Å². The number of benzene rings is 2. The summed E-state index contributed by atoms with van der Waals surface area (Å²) in [5, 5.41) is 2.59. The Morgan fingerprint density at radius 1 is 1.03 bits per heavy atom. The number of anilines is 1. The lowest BCUT2D eigenvalue weighted by molar-refractivity contribution is 0.308. The van der Waals surface area contributed by atoms with E-state index in [0.717, 1.165) is 12.0 Å². The minimum absolute atomic E-state index is 0.0233. The first kappa shape index (κ1) is 25.1. The van der Waals surface area contributed by atoms with Gasteiger partial charge in [-0.05, 0) is 55.9 Å². The molecular formula is C24H32FN3O4S2. The van der Waals surface area contributed by atoms with Crippen LogP contribution in [0.15, 0.2) is 48.5 Å². The van der Waals surface area contributed by atoms with E-state index in [0.29, 0.717) is 50.1 Å². The molecule has 10 heteroatoms. The first-order valence-corrected chi connectivity index (χ1v) is 15.0. The van der Waals surface area contributed by atoms with Crippen molar-refractivity contribution >= 4 is 25.7 Å². The Morgan fingerprint density at radius 3 is 2.32 bits per heavy atom. The maximum absolute atomic E-state index is 15.0. The van der Waals surface area contributed by atoms with Gasteiger partial charge in [0, 0.05) is 31.7 Å². The summed E-state index contributed by atoms with van der Waals surface area (Å²) in [4.78, 5) is 0. The van der Waals surface area contributed by atoms with Crippen LogP contribution in [0.2, 0.25) is 0 Å². The van der Waals surface area contributed by atoms with Gasteiger partial charge in [0.05, 0.1) is 11.9 Å². The lowest BCUT2D eigenvalue weighted by Gasteiger charge is -2.36. The number of rotatable bonds is 6. The van der Waals surface area contributed by atoms with Crippen molar-refractivity contribution in [2.24, 2.45) is 0 Å². The first-order valence-electron chi connectivity index (χ1n) is 11.6. The molecule has 0 radical (unpaired) electrons. The minimum Gasteiger partial charge on any atom is -0.380 e. The van der Waals surface area contributed by atoms with Crippen molar-refractivity contribution in [3.05, 3.63) is 65.5 Å². The molecule has 34 heavy (non-hydrogen) atoms. The summed E-state index contributed by atoms with van der Waals surface area (Å²) in [5.41, 5.74) is 1.73. The Morgan fingerprint density at radius 2 is 1.71 bits per heavy atom. The van der Waals surface area contributed by atoms with Gasteiger partial charge in [0.15, 0.2) is 0 Å². The van der Waals surface area contributed by atoms with Gasteiger partial charge in [-0.25, -0.2) is 25.5 Å². The zero-order chi connectivity index (χ0) is 24.5. The molecule has 2 heterocycles. The largest absolute Gasteiger partial charge is 0.380 e. The quantitative estimate of drug-likeness (QED) is 0.639. The highest BCUT2D eigenvalue weighted by atomic mass is 32.2. The molecule has 2 aromatic carbocycles. The Kier molecular flexibility index (Phi) is 7.33. The van der Waals surface area contributed by atoms with E-state index in [1.807, 2.05) is 30.3 Å². The predicted octanol–water partition coefficient (Wildman–Crippen LogP) is 3.89. The van der Waals surface area contributed by atoms with Gasteiger partial charge >= 0.3 is 0 Å². The zero-order valence-corrected chi connectivity index (χ0v) is 21.2. The molecular weight excluding hydrogens is 477 g/mol. The number of nitrogens with one attached hydrogen (secondary N) is 1. The summed E-state index contributed by atoms with van der Waals surface area (Å²) in [6, 6.07) is 13.6. The summed E-state index contributed by atoms with van der Waals surface area (Å²) in [5.74, 6) is -0.441. The Hall–Kier alpha value is -2.01. The molecule has 0 saturated carbocycles. The van der Waals surface area contributed by atoms with Crippen LogP contribution < -0.4 is 5.32 Å². The molecule has 0 spiro atoms. The molecule has 1 N–H and O–H groups in total. The average Bonchev–Trinajstić information content (AvgIpc) is 2.80. The summed E-state index contributed by atoms with van der Waals surface area (Å²) in [7, 11) is -6.80. The molecule has 2 unspecified atom stereocenters. The van der Waals surface area contributed by atoms with Gasteiger partial charge in [-0.3, -0.25) is 0 Å². The summed E-state index contributed by atoms with van der Waals surface area (Å²) < 4.78 is 68.1. The smallest absolute Gasteiger partial charge is 0.221 e. The van der Waals surface area contributed by atoms with Crippen molar-refractivity contribution < 1.29 is 21.2 Å². The number of hydrogen-bond donors (Lipinski definition) is 1. The summed E-state index contributed by atoms with van der Waals surface area (Å²) >= 11 is 0. The molecule has 0 aromatic heterocycles. The fraction of sp³-hybridized carbons (Fsp3) is 0.500. The van der Waals surface area contributed by atoms with E-state index in [1.165, 1.54) is 20.9 Å². The summed E-state index contributed by atoms with van der Waals surface area (Å²) in [6.07, 6.45) is 3.71. The fourth-order valence-corrected chi connectivity index (χ4v) is 8.03. The molecule has 4 rings (SSSR count). The van der Waals surface area contributed by atoms with Gasteiger partial charge in [-0.15, -0.1) is 0 Å². The van der Waals surface area contributed by atoms with E-state index in [1.54, 1.807) is 19.1 Å². The van der Waals surface area contributed by atoms with Crippen LogP contribution in [0.5, 0.6) is 0 Å². The molecule has 0 aliphatic carbocycles. The van der Waals surface area contributed by atoms with Crippen LogP contribution in [0.25, 0.3) is 0 Å². The molecule has 2 aliphatic rings. The molecule has 2 aliphatic heterocycles. The maximum Gasteiger partial charge on any atom is 0.221 e. The van der Waals surface area contributed by atoms with Crippen LogP contribution in [-0.2, 0) is 20.0 Å². The monoisotopic (exact) mass is 509 g/mol. The van der Waals surface area contributed by atoms with E-state index in [9.17, 15) is 21.2 Å². The van der Waals surface area contributed by atoms with Crippen molar-refractivity contribution in [1.82, 2.24) is 8.61 Å². The second-order valence-electron chi connectivity index (χ2n) is 9.19. The molecule has 2 saturated heterocycles. The standard InChI is InChI=1S/C24H32FN3O4S2/c1-18(28-14-6-9-24(34(28,31)32)19-7-4-3-5-8-19)20-10-11-23(22(25)17-20)26-21-12-15-27(16-13-21)33(2,29)30/h3-5,7-8,10-11,17-18,21,24,26H,6,9,12-16H2,1-2H3. The van der Waals surface area contributed by atoms with Crippen LogP contribution in [-0.4, -0.2) is 57.4 Å². The molecule has 7 nitrogen and oxygen atoms in total. The zero-order valence-electron chi connectivity index (χ0n) is 19.5. The van der Waals surface area contributed by atoms with Gasteiger partial charge in [-0.1, -0.05) is 36.4 Å². The lowest BCUT2D eigenvalue weighted by atomic mass is 10.0. The number of halogens is 1. The van der Waals surface area contributed by atoms with Gasteiger partial charge < -0.3 is 5.32 Å². The van der Waals surface area contributed by atoms with E-state index in [4.69, 9.17) is 0 Å². The van der Waals surface area contributed by atoms with Crippen molar-refractivity contribution in [3.63, 3.8) is 0 Å². The van der Waals surface area contributed by atoms with Crippen molar-refractivity contribution in [3.8, 4) is 0 Å². The third-order valence-electron chi connectivity index (χ3n) is 6.89. The lowest BCUT2D eigenvalue weighted by Crippen LogP contribution is -2.42. The van der Waals surface area contributed by atoms with Gasteiger partial charge in [0.1, 0.15) is 11.1 Å². The number of hydrogen-bond acceptors (Lipinski definition) is 5. The molecule has 2 atom stereocenters. The van der Waals surface area contributed by atoms with Crippen LogP contribution >= 0.6 is 0 Å². The highest BCUT2D eigenvalue weighted by Gasteiger charge is 2.39. The summed E-state index contributed by atoms with van der Waals surface area (Å²) in [6.45, 7) is 3.02. The van der Waals surface area contributed by atoms with Gasteiger partial charge in [-0.2, -0.15) is 4.31 Å². The third kappa shape index (κ3) is 5.30. The number of piperidine rings is 1. The Labute approximate surface area is 202 Å². The maximum atomic E-state index is 15.0. The number of nitrogens with zero attached hydrogens (tertiary/aromatic N) is 2. The number of sulfonamides is 2. The van der Waals surface area contributed by atoms with Crippen LogP contribution in [0, 0.1) is 5.82 Å². The van der Waals surface area contributed by atoms with Crippen molar-refractivity contribution in [2.75, 3.05) is 31.2 Å². The molecule has 0 amide bonds. The normalized spacial score (nSPS) is 23.4. The SMILES string of the molecule is CC(c1ccc(NC2CCN(S(C)(=O)=O)CC2)c(F)c1)N1CCCC(c2ccccc2)S1(=O)=O. The minimum atomic E-state index is -3.59. The second kappa shape index (κ2) is 9.93. The molecule has 186 valence electrons. The highest BCUT2D eigenvalue weighted by Crippen LogP contribution is 2.39. The predicted molar refractivity (Wildman–Crippen MR) is 132 cm³/mol. The first-order chi connectivity index (χ1) is 16.1. The van der Waals surface area contributed by atoms with Crippen LogP contribution in [0.3, 0.4) is 0 Å². The van der Waals surface area contributed by atoms with Crippen molar-refractivity contribution in [1.29, 1.82) is 0 Å². The van der Waals surface area contributed by atoms with E-state index < -0.39 is 37.2 Å². The topological polar surface area (TPSA) is 86.8 Å². The molecule has 2 aromatic rings. The fourth-order valence-electron chi connectivity index (χ4n) is 4.92. The molecule has 0 bridgehead atoms.